The molecule has 1 rings (SSSR count). The van der Waals surface area contributed by atoms with Crippen LogP contribution in [0.3, 0.4) is 0 Å². The van der Waals surface area contributed by atoms with Gasteiger partial charge in [-0.3, -0.25) is 0 Å². The molecule has 0 radical (unpaired) electrons. The minimum Gasteiger partial charge on any atom is -0.497 e. The van der Waals surface area contributed by atoms with Crippen molar-refractivity contribution in [2.45, 2.75) is 18.7 Å². The van der Waals surface area contributed by atoms with Gasteiger partial charge in [0.25, 0.3) is 0 Å². The molecule has 0 spiro atoms. The van der Waals surface area contributed by atoms with Crippen molar-refractivity contribution >= 4 is 11.6 Å². The molecule has 0 fully saturated rings. The zero-order valence-electron chi connectivity index (χ0n) is 7.68. The molecule has 72 valence electrons. The molecule has 0 bridgehead atoms. The standard InChI is InChI=1S/C10H12ClFO/c1-3-9(11)8-5-4-7(13-2)6-10(8)12/h4-6,9H,3H2,1-2H3. The number of hydrogen-bond acceptors (Lipinski definition) is 1. The fourth-order valence-electron chi connectivity index (χ4n) is 1.11. The maximum atomic E-state index is 13.3. The van der Waals surface area contributed by atoms with Crippen LogP contribution in [0.15, 0.2) is 18.2 Å². The Morgan fingerprint density at radius 2 is 2.23 bits per heavy atom. The smallest absolute Gasteiger partial charge is 0.131 e. The van der Waals surface area contributed by atoms with Crippen molar-refractivity contribution in [2.75, 3.05) is 7.11 Å². The van der Waals surface area contributed by atoms with Gasteiger partial charge in [-0.25, -0.2) is 4.39 Å². The summed E-state index contributed by atoms with van der Waals surface area (Å²) in [4.78, 5) is 0. The molecule has 0 aliphatic rings. The van der Waals surface area contributed by atoms with Gasteiger partial charge in [0.2, 0.25) is 0 Å². The van der Waals surface area contributed by atoms with Gasteiger partial charge < -0.3 is 4.74 Å². The SMILES string of the molecule is CCC(Cl)c1ccc(OC)cc1F. The summed E-state index contributed by atoms with van der Waals surface area (Å²) in [6, 6.07) is 4.72. The van der Waals surface area contributed by atoms with E-state index in [-0.39, 0.29) is 11.2 Å². The van der Waals surface area contributed by atoms with Gasteiger partial charge in [0.05, 0.1) is 12.5 Å². The lowest BCUT2D eigenvalue weighted by atomic mass is 10.1. The van der Waals surface area contributed by atoms with Crippen LogP contribution >= 0.6 is 11.6 Å². The number of methoxy groups -OCH3 is 1. The highest BCUT2D eigenvalue weighted by Crippen LogP contribution is 2.28. The van der Waals surface area contributed by atoms with E-state index in [0.29, 0.717) is 17.7 Å². The Labute approximate surface area is 82.5 Å². The van der Waals surface area contributed by atoms with Crippen LogP contribution < -0.4 is 4.74 Å². The van der Waals surface area contributed by atoms with Crippen LogP contribution in [0.2, 0.25) is 0 Å². The number of hydrogen-bond donors (Lipinski definition) is 0. The molecule has 0 aromatic heterocycles. The first-order valence-corrected chi connectivity index (χ1v) is 4.60. The Morgan fingerprint density at radius 3 is 2.69 bits per heavy atom. The third kappa shape index (κ3) is 2.34. The average Bonchev–Trinajstić information content (AvgIpc) is 2.16. The van der Waals surface area contributed by atoms with Gasteiger partial charge in [-0.15, -0.1) is 11.6 Å². The molecule has 1 atom stereocenters. The van der Waals surface area contributed by atoms with Crippen molar-refractivity contribution in [3.63, 3.8) is 0 Å². The quantitative estimate of drug-likeness (QED) is 0.682. The molecule has 0 aliphatic heterocycles. The Morgan fingerprint density at radius 1 is 1.54 bits per heavy atom. The summed E-state index contributed by atoms with van der Waals surface area (Å²) >= 11 is 5.91. The highest BCUT2D eigenvalue weighted by Gasteiger charge is 2.11. The van der Waals surface area contributed by atoms with Crippen LogP contribution in [0, 0.1) is 5.82 Å². The second-order valence-electron chi connectivity index (χ2n) is 2.76. The molecular formula is C10H12ClFO. The third-order valence-corrected chi connectivity index (χ3v) is 2.45. The lowest BCUT2D eigenvalue weighted by Crippen LogP contribution is -1.94. The van der Waals surface area contributed by atoms with Gasteiger partial charge in [-0.1, -0.05) is 13.0 Å². The second kappa shape index (κ2) is 4.47. The van der Waals surface area contributed by atoms with Gasteiger partial charge in [-0.2, -0.15) is 0 Å². The zero-order valence-corrected chi connectivity index (χ0v) is 8.44. The summed E-state index contributed by atoms with van der Waals surface area (Å²) in [5.74, 6) is 0.211. The van der Waals surface area contributed by atoms with Crippen molar-refractivity contribution in [1.82, 2.24) is 0 Å². The molecule has 0 saturated carbocycles. The van der Waals surface area contributed by atoms with Gasteiger partial charge in [0, 0.05) is 11.6 Å². The van der Waals surface area contributed by atoms with Crippen LogP contribution in [0.4, 0.5) is 4.39 Å². The molecule has 1 aromatic rings. The van der Waals surface area contributed by atoms with Crippen LogP contribution in [-0.4, -0.2) is 7.11 Å². The second-order valence-corrected chi connectivity index (χ2v) is 3.29. The fourth-order valence-corrected chi connectivity index (χ4v) is 1.29. The Hall–Kier alpha value is -0.760. The maximum absolute atomic E-state index is 13.3. The molecular weight excluding hydrogens is 191 g/mol. The normalized spacial score (nSPS) is 12.6. The highest BCUT2D eigenvalue weighted by atomic mass is 35.5. The topological polar surface area (TPSA) is 9.23 Å². The zero-order chi connectivity index (χ0) is 9.84. The molecule has 1 unspecified atom stereocenters. The Balaban J connectivity index is 2.98. The van der Waals surface area contributed by atoms with Crippen LogP contribution in [0.1, 0.15) is 24.3 Å². The monoisotopic (exact) mass is 202 g/mol. The predicted octanol–water partition coefficient (Wildman–Crippen LogP) is 3.52. The molecule has 0 aliphatic carbocycles. The first-order valence-electron chi connectivity index (χ1n) is 4.16. The molecule has 0 amide bonds. The molecule has 1 nitrogen and oxygen atoms in total. The summed E-state index contributed by atoms with van der Waals surface area (Å²) in [5.41, 5.74) is 0.532. The van der Waals surface area contributed by atoms with E-state index in [1.807, 2.05) is 6.92 Å². The maximum Gasteiger partial charge on any atom is 0.131 e. The van der Waals surface area contributed by atoms with Gasteiger partial charge in [0.15, 0.2) is 0 Å². The fraction of sp³-hybridized carbons (Fsp3) is 0.400. The molecule has 1 aromatic carbocycles. The van der Waals surface area contributed by atoms with E-state index in [1.54, 1.807) is 12.1 Å². The van der Waals surface area contributed by atoms with E-state index in [4.69, 9.17) is 16.3 Å². The molecule has 0 N–H and O–H groups in total. The number of alkyl halides is 1. The van der Waals surface area contributed by atoms with Crippen LogP contribution in [0.5, 0.6) is 5.75 Å². The third-order valence-electron chi connectivity index (χ3n) is 1.90. The first kappa shape index (κ1) is 10.3. The van der Waals surface area contributed by atoms with E-state index < -0.39 is 0 Å². The number of benzene rings is 1. The number of halogens is 2. The predicted molar refractivity (Wildman–Crippen MR) is 51.8 cm³/mol. The molecule has 3 heteroatoms. The molecule has 13 heavy (non-hydrogen) atoms. The van der Waals surface area contributed by atoms with E-state index in [1.165, 1.54) is 13.2 Å². The van der Waals surface area contributed by atoms with Gasteiger partial charge in [-0.05, 0) is 12.5 Å². The average molecular weight is 203 g/mol. The summed E-state index contributed by atoms with van der Waals surface area (Å²) in [6.45, 7) is 1.92. The van der Waals surface area contributed by atoms with Gasteiger partial charge in [0.1, 0.15) is 11.6 Å². The lowest BCUT2D eigenvalue weighted by Gasteiger charge is -2.09. The largest absolute Gasteiger partial charge is 0.497 e. The number of ether oxygens (including phenoxy) is 1. The van der Waals surface area contributed by atoms with Crippen molar-refractivity contribution in [1.29, 1.82) is 0 Å². The minimum absolute atomic E-state index is 0.258. The summed E-state index contributed by atoms with van der Waals surface area (Å²) in [7, 11) is 1.51. The van der Waals surface area contributed by atoms with Crippen LogP contribution in [-0.2, 0) is 0 Å². The summed E-state index contributed by atoms with van der Waals surface area (Å²) in [6.07, 6.45) is 0.713. The highest BCUT2D eigenvalue weighted by molar-refractivity contribution is 6.20. The van der Waals surface area contributed by atoms with Crippen molar-refractivity contribution < 1.29 is 9.13 Å². The summed E-state index contributed by atoms with van der Waals surface area (Å²) in [5, 5.41) is -0.258. The van der Waals surface area contributed by atoms with E-state index in [0.717, 1.165) is 0 Å². The number of rotatable bonds is 3. The lowest BCUT2D eigenvalue weighted by molar-refractivity contribution is 0.410. The van der Waals surface area contributed by atoms with Gasteiger partial charge >= 0.3 is 0 Å². The molecule has 0 heterocycles. The van der Waals surface area contributed by atoms with Crippen molar-refractivity contribution in [3.8, 4) is 5.75 Å². The van der Waals surface area contributed by atoms with E-state index in [2.05, 4.69) is 0 Å². The Kier molecular flexibility index (Phi) is 3.55. The van der Waals surface area contributed by atoms with Crippen LogP contribution in [0.25, 0.3) is 0 Å². The molecule has 0 saturated heterocycles. The van der Waals surface area contributed by atoms with E-state index >= 15 is 0 Å². The summed E-state index contributed by atoms with van der Waals surface area (Å²) < 4.78 is 18.2. The van der Waals surface area contributed by atoms with Crippen molar-refractivity contribution in [2.24, 2.45) is 0 Å². The van der Waals surface area contributed by atoms with E-state index in [9.17, 15) is 4.39 Å². The van der Waals surface area contributed by atoms with Crippen molar-refractivity contribution in [3.05, 3.63) is 29.6 Å². The first-order chi connectivity index (χ1) is 6.19. The Bertz CT molecular complexity index is 288. The minimum atomic E-state index is -0.304.